The molecule has 5 aromatic rings. The van der Waals surface area contributed by atoms with Crippen LogP contribution in [0.25, 0.3) is 0 Å². The number of epoxide rings is 1. The van der Waals surface area contributed by atoms with Crippen LogP contribution in [0.5, 0.6) is 23.0 Å². The van der Waals surface area contributed by atoms with Crippen LogP contribution < -0.4 is 24.3 Å². The first-order chi connectivity index (χ1) is 36.6. The molecule has 16 nitrogen and oxygen atoms in total. The van der Waals surface area contributed by atoms with Gasteiger partial charge in [-0.1, -0.05) is 76.2 Å². The van der Waals surface area contributed by atoms with Gasteiger partial charge in [0.2, 0.25) is 0 Å². The molecule has 0 radical (unpaired) electrons. The normalized spacial score (nSPS) is 14.7. The fourth-order valence-corrected chi connectivity index (χ4v) is 8.01. The van der Waals surface area contributed by atoms with Crippen molar-refractivity contribution in [3.63, 3.8) is 0 Å². The molecule has 0 bridgehead atoms. The minimum Gasteiger partial charge on any atom is -0.491 e. The summed E-state index contributed by atoms with van der Waals surface area (Å²) in [6, 6.07) is 34.5. The quantitative estimate of drug-likeness (QED) is 0.0243. The highest BCUT2D eigenvalue weighted by atomic mass is 16.6. The van der Waals surface area contributed by atoms with Crippen LogP contribution >= 0.6 is 0 Å². The Morgan fingerprint density at radius 2 is 0.974 bits per heavy atom. The van der Waals surface area contributed by atoms with Gasteiger partial charge in [-0.05, 0) is 130 Å². The lowest BCUT2D eigenvalue weighted by Gasteiger charge is -2.27. The second kappa shape index (κ2) is 27.7. The Hall–Kier alpha value is -6.53. The van der Waals surface area contributed by atoms with Crippen LogP contribution in [0.3, 0.4) is 0 Å². The number of rotatable bonds is 31. The number of ether oxygens (including phenoxy) is 9. The molecule has 1 saturated heterocycles. The predicted molar refractivity (Wildman–Crippen MR) is 291 cm³/mol. The number of nitrogens with one attached hydrogen (secondary N) is 1. The third-order valence-corrected chi connectivity index (χ3v) is 13.2. The zero-order chi connectivity index (χ0) is 55.8. The number of amides is 1. The van der Waals surface area contributed by atoms with E-state index in [4.69, 9.17) is 42.6 Å². The van der Waals surface area contributed by atoms with Crippen LogP contribution in [-0.2, 0) is 34.5 Å². The number of aliphatic hydroxyl groups is 3. The molecular formula is C61H77NO15. The van der Waals surface area contributed by atoms with E-state index in [1.165, 1.54) is 18.2 Å². The average molecular weight is 1060 g/mol. The summed E-state index contributed by atoms with van der Waals surface area (Å²) in [5.41, 5.74) is 2.64. The molecule has 0 spiro atoms. The Morgan fingerprint density at radius 1 is 0.571 bits per heavy atom. The molecule has 16 heteroatoms. The Labute approximate surface area is 452 Å². The summed E-state index contributed by atoms with van der Waals surface area (Å²) in [6.07, 6.45) is -2.24. The van der Waals surface area contributed by atoms with Crippen LogP contribution in [0.15, 0.2) is 115 Å². The maximum atomic E-state index is 13.5. The molecule has 0 aliphatic carbocycles. The van der Waals surface area contributed by atoms with Gasteiger partial charge in [0.1, 0.15) is 87.1 Å². The molecule has 77 heavy (non-hydrogen) atoms. The van der Waals surface area contributed by atoms with Crippen LogP contribution in [0.4, 0.5) is 0 Å². The predicted octanol–water partition coefficient (Wildman–Crippen LogP) is 8.41. The van der Waals surface area contributed by atoms with Crippen molar-refractivity contribution in [1.82, 2.24) is 5.32 Å². The summed E-state index contributed by atoms with van der Waals surface area (Å²) >= 11 is 0. The molecule has 5 aromatic carbocycles. The first-order valence-corrected chi connectivity index (χ1v) is 26.2. The van der Waals surface area contributed by atoms with E-state index >= 15 is 0 Å². The van der Waals surface area contributed by atoms with E-state index < -0.39 is 60.4 Å². The standard InChI is InChI=1S/C61H77NO15/c1-10-62-56(66)41-11-28-54(55(31-41)58(68)76-36-47(64)33-71-50-22-14-43(15-23-50)61(8,9)45-18-26-52(27-19-45)73-38-53-39-74-53)57(67)75-35-46(63)32-70-49-20-12-42(13-21-49)60(6,7)44-16-24-51(25-17-44)72-34-48(65)37-77-59(4,5)29-30-69-40(2)3/h11-28,31,40,46-48,53,63-65H,10,29-30,32-39H2,1-9H3,(H,62,66). The molecular weight excluding hydrogens is 987 g/mol. The maximum Gasteiger partial charge on any atom is 0.339 e. The summed E-state index contributed by atoms with van der Waals surface area (Å²) in [6.45, 7) is 19.1. The van der Waals surface area contributed by atoms with Gasteiger partial charge in [-0.15, -0.1) is 0 Å². The summed E-state index contributed by atoms with van der Waals surface area (Å²) < 4.78 is 50.9. The number of aliphatic hydroxyl groups excluding tert-OH is 3. The van der Waals surface area contributed by atoms with E-state index in [0.29, 0.717) is 43.4 Å². The highest BCUT2D eigenvalue weighted by Gasteiger charge is 2.28. The fraction of sp³-hybridized carbons (Fsp3) is 0.459. The van der Waals surface area contributed by atoms with Crippen molar-refractivity contribution >= 4 is 17.8 Å². The van der Waals surface area contributed by atoms with Crippen LogP contribution in [0, 0.1) is 0 Å². The molecule has 0 saturated carbocycles. The van der Waals surface area contributed by atoms with E-state index in [1.807, 2.05) is 100 Å². The van der Waals surface area contributed by atoms with Gasteiger partial charge >= 0.3 is 11.9 Å². The Bertz CT molecular complexity index is 2640. The molecule has 4 unspecified atom stereocenters. The summed E-state index contributed by atoms with van der Waals surface area (Å²) in [5, 5.41) is 34.7. The minimum absolute atomic E-state index is 0.0830. The topological polar surface area (TPSA) is 210 Å². The third-order valence-electron chi connectivity index (χ3n) is 13.2. The van der Waals surface area contributed by atoms with Crippen molar-refractivity contribution in [2.24, 2.45) is 0 Å². The number of esters is 2. The van der Waals surface area contributed by atoms with Crippen LogP contribution in [0.2, 0.25) is 0 Å². The number of benzene rings is 5. The number of carbonyl (C=O) groups is 3. The average Bonchev–Trinajstić information content (AvgIpc) is 4.26. The van der Waals surface area contributed by atoms with E-state index in [2.05, 4.69) is 33.0 Å². The molecule has 1 aliphatic rings. The van der Waals surface area contributed by atoms with E-state index in [-0.39, 0.29) is 60.7 Å². The van der Waals surface area contributed by atoms with Crippen molar-refractivity contribution in [2.75, 3.05) is 66.0 Å². The van der Waals surface area contributed by atoms with Gasteiger partial charge in [0.25, 0.3) is 5.91 Å². The number of hydrogen-bond donors (Lipinski definition) is 4. The molecule has 4 N–H and O–H groups in total. The highest BCUT2D eigenvalue weighted by Crippen LogP contribution is 2.35. The summed E-state index contributed by atoms with van der Waals surface area (Å²) in [4.78, 5) is 39.6. The lowest BCUT2D eigenvalue weighted by atomic mass is 9.78. The molecule has 1 aliphatic heterocycles. The maximum absolute atomic E-state index is 13.5. The van der Waals surface area contributed by atoms with Gasteiger partial charge < -0.3 is 63.3 Å². The molecule has 6 rings (SSSR count). The Balaban J connectivity index is 0.948. The van der Waals surface area contributed by atoms with Crippen molar-refractivity contribution in [3.05, 3.63) is 154 Å². The van der Waals surface area contributed by atoms with Crippen molar-refractivity contribution in [2.45, 2.75) is 116 Å². The summed E-state index contributed by atoms with van der Waals surface area (Å²) in [5.74, 6) is -0.0228. The first kappa shape index (κ1) is 59.7. The second-order valence-electron chi connectivity index (χ2n) is 21.1. The third kappa shape index (κ3) is 18.3. The van der Waals surface area contributed by atoms with Crippen LogP contribution in [0.1, 0.15) is 122 Å². The monoisotopic (exact) mass is 1060 g/mol. The lowest BCUT2D eigenvalue weighted by molar-refractivity contribution is -0.0837. The van der Waals surface area contributed by atoms with Gasteiger partial charge in [-0.2, -0.15) is 0 Å². The molecule has 4 atom stereocenters. The molecule has 1 amide bonds. The molecule has 0 aromatic heterocycles. The zero-order valence-electron chi connectivity index (χ0n) is 45.9. The molecule has 1 fully saturated rings. The van der Waals surface area contributed by atoms with Gasteiger partial charge in [-0.25, -0.2) is 9.59 Å². The van der Waals surface area contributed by atoms with Gasteiger partial charge in [-0.3, -0.25) is 4.79 Å². The highest BCUT2D eigenvalue weighted by molar-refractivity contribution is 6.05. The number of hydrogen-bond acceptors (Lipinski definition) is 15. The fourth-order valence-electron chi connectivity index (χ4n) is 8.01. The molecule has 416 valence electrons. The largest absolute Gasteiger partial charge is 0.491 e. The Morgan fingerprint density at radius 3 is 1.38 bits per heavy atom. The zero-order valence-corrected chi connectivity index (χ0v) is 45.9. The Kier molecular flexibility index (Phi) is 21.5. The SMILES string of the molecule is CCNC(=O)c1ccc(C(=O)OCC(O)COc2ccc(C(C)(C)c3ccc(OCC(O)COC(C)(C)CCOC(C)C)cc3)cc2)c(C(=O)OCC(O)COc2ccc(C(C)(C)c3ccc(OCC4CO4)cc3)cc2)c1. The van der Waals surface area contributed by atoms with Crippen molar-refractivity contribution < 1.29 is 72.3 Å². The van der Waals surface area contributed by atoms with Crippen LogP contribution in [-0.4, -0.2) is 135 Å². The summed E-state index contributed by atoms with van der Waals surface area (Å²) in [7, 11) is 0. The lowest BCUT2D eigenvalue weighted by Crippen LogP contribution is -2.33. The second-order valence-corrected chi connectivity index (χ2v) is 21.1. The number of carbonyl (C=O) groups excluding carboxylic acids is 3. The van der Waals surface area contributed by atoms with Gasteiger partial charge in [0.05, 0.1) is 36.0 Å². The van der Waals surface area contributed by atoms with E-state index in [0.717, 1.165) is 34.6 Å². The smallest absolute Gasteiger partial charge is 0.339 e. The van der Waals surface area contributed by atoms with E-state index in [1.54, 1.807) is 31.2 Å². The first-order valence-electron chi connectivity index (χ1n) is 26.2. The van der Waals surface area contributed by atoms with Crippen molar-refractivity contribution in [3.8, 4) is 23.0 Å². The van der Waals surface area contributed by atoms with Crippen molar-refractivity contribution in [1.29, 1.82) is 0 Å². The van der Waals surface area contributed by atoms with Gasteiger partial charge in [0.15, 0.2) is 0 Å². The van der Waals surface area contributed by atoms with Gasteiger partial charge in [0, 0.05) is 29.5 Å². The van der Waals surface area contributed by atoms with E-state index in [9.17, 15) is 29.7 Å². The molecule has 1 heterocycles. The minimum atomic E-state index is -1.24.